The lowest BCUT2D eigenvalue weighted by atomic mass is 9.86. The molecular weight excluding hydrogens is 300 g/mol. The van der Waals surface area contributed by atoms with Crippen molar-refractivity contribution in [2.45, 2.75) is 32.1 Å². The van der Waals surface area contributed by atoms with Crippen LogP contribution in [0.3, 0.4) is 0 Å². The zero-order chi connectivity index (χ0) is 16.5. The van der Waals surface area contributed by atoms with Crippen LogP contribution in [0.15, 0.2) is 24.3 Å². The summed E-state index contributed by atoms with van der Waals surface area (Å²) in [7, 11) is 1.70. The van der Waals surface area contributed by atoms with Crippen molar-refractivity contribution in [3.63, 3.8) is 0 Å². The number of nitrogens with zero attached hydrogens (tertiary/aromatic N) is 2. The Balaban J connectivity index is 1.30. The first kappa shape index (κ1) is 15.8. The molecule has 1 aromatic carbocycles. The normalized spacial score (nSPS) is 29.1. The molecule has 0 spiro atoms. The third-order valence-corrected chi connectivity index (χ3v) is 6.37. The van der Waals surface area contributed by atoms with E-state index in [2.05, 4.69) is 21.9 Å². The molecular formula is C20H28N2O2. The summed E-state index contributed by atoms with van der Waals surface area (Å²) < 4.78 is 5.31. The van der Waals surface area contributed by atoms with Gasteiger partial charge in [0.15, 0.2) is 0 Å². The van der Waals surface area contributed by atoms with Crippen LogP contribution >= 0.6 is 0 Å². The molecule has 3 atom stereocenters. The zero-order valence-corrected chi connectivity index (χ0v) is 14.6. The fourth-order valence-corrected chi connectivity index (χ4v) is 5.00. The van der Waals surface area contributed by atoms with Crippen LogP contribution in [0.25, 0.3) is 0 Å². The molecule has 24 heavy (non-hydrogen) atoms. The van der Waals surface area contributed by atoms with Gasteiger partial charge in [-0.25, -0.2) is 0 Å². The predicted octanol–water partition coefficient (Wildman–Crippen LogP) is 3.17. The Morgan fingerprint density at radius 2 is 2.00 bits per heavy atom. The number of ether oxygens (including phenoxy) is 1. The largest absolute Gasteiger partial charge is 0.497 e. The minimum absolute atomic E-state index is 0.387. The van der Waals surface area contributed by atoms with Gasteiger partial charge >= 0.3 is 0 Å². The Hall–Kier alpha value is -1.71. The highest BCUT2D eigenvalue weighted by molar-refractivity contribution is 5.77. The molecule has 1 aliphatic heterocycles. The lowest BCUT2D eigenvalue weighted by molar-refractivity contribution is -0.132. The van der Waals surface area contributed by atoms with Crippen LogP contribution in [0.1, 0.15) is 32.1 Å². The number of piperazine rings is 1. The van der Waals surface area contributed by atoms with Crippen LogP contribution in [0, 0.1) is 17.8 Å². The zero-order valence-electron chi connectivity index (χ0n) is 14.6. The average Bonchev–Trinajstić information content (AvgIpc) is 3.25. The van der Waals surface area contributed by atoms with E-state index in [1.54, 1.807) is 7.11 Å². The van der Waals surface area contributed by atoms with Crippen molar-refractivity contribution in [3.8, 4) is 5.75 Å². The van der Waals surface area contributed by atoms with Gasteiger partial charge < -0.3 is 14.5 Å². The molecule has 0 aromatic heterocycles. The Labute approximate surface area is 144 Å². The second kappa shape index (κ2) is 6.66. The van der Waals surface area contributed by atoms with Gasteiger partial charge in [0, 0.05) is 44.4 Å². The molecule has 1 aromatic rings. The molecule has 4 rings (SSSR count). The van der Waals surface area contributed by atoms with Crippen LogP contribution in [-0.4, -0.2) is 44.1 Å². The maximum atomic E-state index is 12.7. The minimum Gasteiger partial charge on any atom is -0.497 e. The van der Waals surface area contributed by atoms with Crippen molar-refractivity contribution < 1.29 is 9.53 Å². The molecule has 1 amide bonds. The van der Waals surface area contributed by atoms with Crippen LogP contribution in [0.4, 0.5) is 5.69 Å². The molecule has 4 heteroatoms. The van der Waals surface area contributed by atoms with Gasteiger partial charge in [-0.05, 0) is 49.1 Å². The highest BCUT2D eigenvalue weighted by atomic mass is 16.5. The Morgan fingerprint density at radius 1 is 1.17 bits per heavy atom. The molecule has 1 saturated heterocycles. The summed E-state index contributed by atoms with van der Waals surface area (Å²) in [6, 6.07) is 8.20. The minimum atomic E-state index is 0.387. The van der Waals surface area contributed by atoms with E-state index in [9.17, 15) is 4.79 Å². The van der Waals surface area contributed by atoms with Crippen LogP contribution < -0.4 is 9.64 Å². The number of hydrogen-bond acceptors (Lipinski definition) is 3. The van der Waals surface area contributed by atoms with E-state index in [0.29, 0.717) is 11.8 Å². The summed E-state index contributed by atoms with van der Waals surface area (Å²) in [5.41, 5.74) is 1.19. The molecule has 2 aliphatic carbocycles. The molecule has 0 unspecified atom stereocenters. The number of fused-ring (bicyclic) bond motifs is 2. The lowest BCUT2D eigenvalue weighted by Gasteiger charge is -2.37. The van der Waals surface area contributed by atoms with Gasteiger partial charge in [0.05, 0.1) is 7.11 Å². The van der Waals surface area contributed by atoms with E-state index >= 15 is 0 Å². The van der Waals surface area contributed by atoms with E-state index in [-0.39, 0.29) is 0 Å². The Kier molecular flexibility index (Phi) is 4.38. The van der Waals surface area contributed by atoms with E-state index in [1.165, 1.54) is 31.4 Å². The number of carbonyl (C=O) groups is 1. The topological polar surface area (TPSA) is 32.8 Å². The number of rotatable bonds is 4. The summed E-state index contributed by atoms with van der Waals surface area (Å²) in [5.74, 6) is 3.72. The molecule has 2 saturated carbocycles. The number of amides is 1. The van der Waals surface area contributed by atoms with Crippen LogP contribution in [0.2, 0.25) is 0 Å². The van der Waals surface area contributed by atoms with Gasteiger partial charge in [0.25, 0.3) is 0 Å². The van der Waals surface area contributed by atoms with E-state index in [4.69, 9.17) is 4.74 Å². The smallest absolute Gasteiger partial charge is 0.222 e. The number of benzene rings is 1. The first-order valence-electron chi connectivity index (χ1n) is 9.39. The van der Waals surface area contributed by atoms with Gasteiger partial charge in [-0.3, -0.25) is 4.79 Å². The van der Waals surface area contributed by atoms with Crippen LogP contribution in [0.5, 0.6) is 5.75 Å². The molecule has 2 bridgehead atoms. The summed E-state index contributed by atoms with van der Waals surface area (Å²) in [6.07, 6.45) is 6.27. The standard InChI is InChI=1S/C20H28N2O2/c1-24-19-4-2-3-18(14-19)21-7-9-22(10-8-21)20(23)13-17-12-15-5-6-16(17)11-15/h2-4,14-17H,5-13H2,1H3/t15-,16+,17+/m0/s1. The maximum absolute atomic E-state index is 12.7. The summed E-state index contributed by atoms with van der Waals surface area (Å²) in [5, 5.41) is 0. The predicted molar refractivity (Wildman–Crippen MR) is 95.3 cm³/mol. The van der Waals surface area contributed by atoms with Crippen LogP contribution in [-0.2, 0) is 4.79 Å². The molecule has 130 valence electrons. The van der Waals surface area contributed by atoms with Gasteiger partial charge in [-0.15, -0.1) is 0 Å². The van der Waals surface area contributed by atoms with Crippen molar-refractivity contribution in [2.75, 3.05) is 38.2 Å². The first-order chi connectivity index (χ1) is 11.7. The van der Waals surface area contributed by atoms with E-state index in [0.717, 1.165) is 50.2 Å². The number of hydrogen-bond donors (Lipinski definition) is 0. The van der Waals surface area contributed by atoms with Gasteiger partial charge in [0.1, 0.15) is 5.75 Å². The fourth-order valence-electron chi connectivity index (χ4n) is 5.00. The molecule has 1 heterocycles. The van der Waals surface area contributed by atoms with E-state index < -0.39 is 0 Å². The second-order valence-electron chi connectivity index (χ2n) is 7.71. The number of methoxy groups -OCH3 is 1. The first-order valence-corrected chi connectivity index (χ1v) is 9.39. The maximum Gasteiger partial charge on any atom is 0.222 e. The molecule has 0 radical (unpaired) electrons. The quantitative estimate of drug-likeness (QED) is 0.851. The fraction of sp³-hybridized carbons (Fsp3) is 0.650. The van der Waals surface area contributed by atoms with Crippen molar-refractivity contribution >= 4 is 11.6 Å². The third kappa shape index (κ3) is 3.11. The number of carbonyl (C=O) groups excluding carboxylic acids is 1. The highest BCUT2D eigenvalue weighted by Crippen LogP contribution is 2.49. The summed E-state index contributed by atoms with van der Waals surface area (Å²) >= 11 is 0. The van der Waals surface area contributed by atoms with Crippen molar-refractivity contribution in [1.29, 1.82) is 0 Å². The second-order valence-corrected chi connectivity index (χ2v) is 7.71. The molecule has 3 fully saturated rings. The van der Waals surface area contributed by atoms with Crippen molar-refractivity contribution in [2.24, 2.45) is 17.8 Å². The third-order valence-electron chi connectivity index (χ3n) is 6.37. The van der Waals surface area contributed by atoms with Gasteiger partial charge in [0.2, 0.25) is 5.91 Å². The monoisotopic (exact) mass is 328 g/mol. The summed E-state index contributed by atoms with van der Waals surface area (Å²) in [6.45, 7) is 3.51. The van der Waals surface area contributed by atoms with E-state index in [1.807, 2.05) is 12.1 Å². The Morgan fingerprint density at radius 3 is 2.67 bits per heavy atom. The lowest BCUT2D eigenvalue weighted by Crippen LogP contribution is -2.49. The van der Waals surface area contributed by atoms with Crippen molar-refractivity contribution in [3.05, 3.63) is 24.3 Å². The van der Waals surface area contributed by atoms with Gasteiger partial charge in [-0.2, -0.15) is 0 Å². The summed E-state index contributed by atoms with van der Waals surface area (Å²) in [4.78, 5) is 17.1. The molecule has 0 N–H and O–H groups in total. The Bertz CT molecular complexity index is 595. The average molecular weight is 328 g/mol. The SMILES string of the molecule is COc1cccc(N2CCN(C(=O)C[C@H]3C[C@H]4CC[C@@H]3C4)CC2)c1. The van der Waals surface area contributed by atoms with Crippen molar-refractivity contribution in [1.82, 2.24) is 4.90 Å². The molecule has 4 nitrogen and oxygen atoms in total. The van der Waals surface area contributed by atoms with Gasteiger partial charge in [-0.1, -0.05) is 12.5 Å². The highest BCUT2D eigenvalue weighted by Gasteiger charge is 2.40. The molecule has 3 aliphatic rings. The number of anilines is 1.